The molecule has 0 aliphatic carbocycles. The normalized spacial score (nSPS) is 18.8. The third kappa shape index (κ3) is 5.84. The first-order valence-corrected chi connectivity index (χ1v) is 10.9. The van der Waals surface area contributed by atoms with E-state index in [4.69, 9.17) is 0 Å². The molecule has 36 heavy (non-hydrogen) atoms. The van der Waals surface area contributed by atoms with Crippen LogP contribution in [0.4, 0.5) is 42.1 Å². The van der Waals surface area contributed by atoms with Gasteiger partial charge in [0.15, 0.2) is 6.10 Å². The summed E-state index contributed by atoms with van der Waals surface area (Å²) >= 11 is 0. The van der Waals surface area contributed by atoms with E-state index in [-0.39, 0.29) is 12.1 Å². The van der Waals surface area contributed by atoms with Gasteiger partial charge in [-0.15, -0.1) is 13.2 Å². The van der Waals surface area contributed by atoms with Crippen LogP contribution in [0.2, 0.25) is 0 Å². The Morgan fingerprint density at radius 2 is 1.58 bits per heavy atom. The topological polar surface area (TPSA) is 44.7 Å². The van der Waals surface area contributed by atoms with Gasteiger partial charge in [-0.05, 0) is 35.9 Å². The van der Waals surface area contributed by atoms with Crippen molar-refractivity contribution in [1.82, 2.24) is 0 Å². The lowest BCUT2D eigenvalue weighted by molar-refractivity contribution is -0.274. The summed E-state index contributed by atoms with van der Waals surface area (Å²) in [6, 6.07) is 15.9. The Hall–Kier alpha value is -3.47. The second kappa shape index (κ2) is 9.88. The largest absolute Gasteiger partial charge is 0.573 e. The van der Waals surface area contributed by atoms with Gasteiger partial charge in [0.25, 0.3) is 0 Å². The number of anilines is 2. The van der Waals surface area contributed by atoms with Crippen molar-refractivity contribution < 1.29 is 40.6 Å². The molecule has 0 amide bonds. The van der Waals surface area contributed by atoms with Gasteiger partial charge in [-0.1, -0.05) is 42.5 Å². The molecular formula is C25H21F7N2O2. The Morgan fingerprint density at radius 1 is 0.917 bits per heavy atom. The van der Waals surface area contributed by atoms with Gasteiger partial charge in [0.1, 0.15) is 11.6 Å². The average molecular weight is 514 g/mol. The molecule has 3 atom stereocenters. The van der Waals surface area contributed by atoms with E-state index in [1.54, 1.807) is 54.6 Å². The summed E-state index contributed by atoms with van der Waals surface area (Å²) in [5.74, 6) is -1.51. The lowest BCUT2D eigenvalue weighted by atomic mass is 9.89. The van der Waals surface area contributed by atoms with Crippen LogP contribution in [0.1, 0.15) is 23.6 Å². The summed E-state index contributed by atoms with van der Waals surface area (Å²) in [6.07, 6.45) is -13.4. The highest BCUT2D eigenvalue weighted by atomic mass is 19.4. The van der Waals surface area contributed by atoms with Crippen LogP contribution < -0.4 is 15.0 Å². The average Bonchev–Trinajstić information content (AvgIpc) is 2.81. The lowest BCUT2D eigenvalue weighted by Gasteiger charge is -2.45. The van der Waals surface area contributed by atoms with E-state index in [0.29, 0.717) is 16.9 Å². The first-order valence-electron chi connectivity index (χ1n) is 10.9. The van der Waals surface area contributed by atoms with Crippen molar-refractivity contribution in [2.24, 2.45) is 0 Å². The van der Waals surface area contributed by atoms with Crippen LogP contribution in [0.5, 0.6) is 5.75 Å². The number of aliphatic hydroxyl groups is 1. The van der Waals surface area contributed by atoms with Gasteiger partial charge < -0.3 is 20.1 Å². The monoisotopic (exact) mass is 514 g/mol. The molecule has 3 aromatic rings. The Kier molecular flexibility index (Phi) is 7.03. The first kappa shape index (κ1) is 25.6. The minimum atomic E-state index is -5.01. The van der Waals surface area contributed by atoms with Gasteiger partial charge in [0.2, 0.25) is 0 Å². The highest BCUT2D eigenvalue weighted by molar-refractivity contribution is 5.74. The molecule has 192 valence electrons. The number of hydrogen-bond donors (Lipinski definition) is 2. The molecule has 1 aliphatic heterocycles. The van der Waals surface area contributed by atoms with E-state index >= 15 is 0 Å². The van der Waals surface area contributed by atoms with Gasteiger partial charge in [-0.3, -0.25) is 0 Å². The highest BCUT2D eigenvalue weighted by Crippen LogP contribution is 2.43. The fourth-order valence-corrected chi connectivity index (χ4v) is 4.32. The minimum absolute atomic E-state index is 0.216. The fourth-order valence-electron chi connectivity index (χ4n) is 4.32. The van der Waals surface area contributed by atoms with Crippen molar-refractivity contribution in [3.63, 3.8) is 0 Å². The predicted molar refractivity (Wildman–Crippen MR) is 119 cm³/mol. The zero-order valence-electron chi connectivity index (χ0n) is 18.5. The van der Waals surface area contributed by atoms with Crippen molar-refractivity contribution in [3.8, 4) is 5.75 Å². The highest BCUT2D eigenvalue weighted by Gasteiger charge is 2.44. The van der Waals surface area contributed by atoms with Crippen LogP contribution in [0.3, 0.4) is 0 Å². The number of hydrogen-bond acceptors (Lipinski definition) is 4. The van der Waals surface area contributed by atoms with E-state index < -0.39 is 48.7 Å². The Labute approximate surface area is 201 Å². The number of rotatable bonds is 6. The molecule has 2 N–H and O–H groups in total. The number of halogens is 7. The van der Waals surface area contributed by atoms with Gasteiger partial charge in [0, 0.05) is 18.5 Å². The predicted octanol–water partition coefficient (Wildman–Crippen LogP) is 6.58. The summed E-state index contributed by atoms with van der Waals surface area (Å²) < 4.78 is 96.9. The molecule has 4 rings (SSSR count). The third-order valence-electron chi connectivity index (χ3n) is 5.90. The molecule has 4 nitrogen and oxygen atoms in total. The number of nitrogens with zero attached hydrogens (tertiary/aromatic N) is 1. The van der Waals surface area contributed by atoms with Crippen molar-refractivity contribution in [1.29, 1.82) is 0 Å². The second-order valence-electron chi connectivity index (χ2n) is 8.34. The van der Waals surface area contributed by atoms with Crippen molar-refractivity contribution >= 4 is 11.4 Å². The molecule has 1 aliphatic rings. The quantitative estimate of drug-likeness (QED) is 0.365. The molecule has 2 unspecified atom stereocenters. The van der Waals surface area contributed by atoms with Crippen molar-refractivity contribution in [2.45, 2.75) is 43.7 Å². The van der Waals surface area contributed by atoms with Crippen LogP contribution in [0.15, 0.2) is 72.8 Å². The minimum Gasteiger partial charge on any atom is -0.406 e. The van der Waals surface area contributed by atoms with Gasteiger partial charge in [0.05, 0.1) is 23.5 Å². The molecule has 0 bridgehead atoms. The van der Waals surface area contributed by atoms with Crippen LogP contribution >= 0.6 is 0 Å². The number of alkyl halides is 6. The molecule has 1 heterocycles. The maximum atomic E-state index is 14.7. The van der Waals surface area contributed by atoms with E-state index in [9.17, 15) is 35.8 Å². The second-order valence-corrected chi connectivity index (χ2v) is 8.34. The maximum absolute atomic E-state index is 14.7. The Morgan fingerprint density at radius 3 is 2.25 bits per heavy atom. The van der Waals surface area contributed by atoms with E-state index in [1.807, 2.05) is 0 Å². The van der Waals surface area contributed by atoms with Crippen LogP contribution in [0.25, 0.3) is 0 Å². The molecule has 3 aromatic carbocycles. The smallest absolute Gasteiger partial charge is 0.406 e. The zero-order chi connectivity index (χ0) is 26.1. The molecule has 0 saturated heterocycles. The first-order chi connectivity index (χ1) is 16.9. The summed E-state index contributed by atoms with van der Waals surface area (Å²) in [7, 11) is 0. The van der Waals surface area contributed by atoms with Crippen LogP contribution in [-0.2, 0) is 6.54 Å². The summed E-state index contributed by atoms with van der Waals surface area (Å²) in [6.45, 7) is -0.377. The standard InChI is InChI=1S/C25H21F7N2O2/c26-18-11-10-17(36-25(30,31)32)12-16(18)14-34-20-9-5-4-8-19(20)33-23(15-6-2-1-3-7-15)21(34)13-22(35)24(27,28)29/h1-12,21-23,33,35H,13-14H2/t21?,22?,23-/m1/s1. The third-order valence-corrected chi connectivity index (χ3v) is 5.90. The lowest BCUT2D eigenvalue weighted by Crippen LogP contribution is -2.49. The Bertz CT molecular complexity index is 1190. The number of fused-ring (bicyclic) bond motifs is 1. The molecular weight excluding hydrogens is 493 g/mol. The van der Waals surface area contributed by atoms with Gasteiger partial charge in [-0.2, -0.15) is 13.2 Å². The fraction of sp³-hybridized carbons (Fsp3) is 0.280. The van der Waals surface area contributed by atoms with E-state index in [1.165, 1.54) is 4.90 Å². The number of aliphatic hydroxyl groups excluding tert-OH is 1. The summed E-state index contributed by atoms with van der Waals surface area (Å²) in [4.78, 5) is 1.47. The zero-order valence-corrected chi connectivity index (χ0v) is 18.5. The number of benzene rings is 3. The Balaban J connectivity index is 1.79. The molecule has 0 fully saturated rings. The molecule has 0 radical (unpaired) electrons. The number of ether oxygens (including phenoxy) is 1. The number of nitrogens with one attached hydrogen (secondary N) is 1. The van der Waals surface area contributed by atoms with Gasteiger partial charge >= 0.3 is 12.5 Å². The number of para-hydroxylation sites is 2. The SMILES string of the molecule is OC(CC1[C@@H](c2ccccc2)Nc2ccccc2N1Cc1cc(OC(F)(F)F)ccc1F)C(F)(F)F. The summed E-state index contributed by atoms with van der Waals surface area (Å²) in [5, 5.41) is 13.2. The van der Waals surface area contributed by atoms with Gasteiger partial charge in [-0.25, -0.2) is 4.39 Å². The van der Waals surface area contributed by atoms with Crippen molar-refractivity contribution in [2.75, 3.05) is 10.2 Å². The van der Waals surface area contributed by atoms with Crippen LogP contribution in [-0.4, -0.2) is 29.8 Å². The molecule has 11 heteroatoms. The summed E-state index contributed by atoms with van der Waals surface area (Å²) in [5.41, 5.74) is 1.34. The molecule has 0 spiro atoms. The molecule has 0 saturated carbocycles. The van der Waals surface area contributed by atoms with E-state index in [0.717, 1.165) is 18.2 Å². The van der Waals surface area contributed by atoms with Crippen LogP contribution in [0, 0.1) is 5.82 Å². The molecule has 0 aromatic heterocycles. The maximum Gasteiger partial charge on any atom is 0.573 e. The van der Waals surface area contributed by atoms with E-state index in [2.05, 4.69) is 10.1 Å². The van der Waals surface area contributed by atoms with Crippen molar-refractivity contribution in [3.05, 3.63) is 89.7 Å².